The zero-order valence-electron chi connectivity index (χ0n) is 34.6. The molecule has 6 aromatic rings. The molecule has 15 heteroatoms. The van der Waals surface area contributed by atoms with Crippen LogP contribution in [-0.4, -0.2) is 63.4 Å². The van der Waals surface area contributed by atoms with E-state index in [0.717, 1.165) is 79.1 Å². The highest BCUT2D eigenvalue weighted by atomic mass is 16.3. The minimum absolute atomic E-state index is 0.158. The Balaban J connectivity index is 0.000000194. The Kier molecular flexibility index (Phi) is 13.6. The van der Waals surface area contributed by atoms with Gasteiger partial charge in [0.1, 0.15) is 0 Å². The Hall–Kier alpha value is -6.64. The Morgan fingerprint density at radius 3 is 1.88 bits per heavy atom. The Bertz CT molecular complexity index is 2540. The van der Waals surface area contributed by atoms with Crippen LogP contribution in [0.2, 0.25) is 0 Å². The van der Waals surface area contributed by atoms with E-state index in [1.54, 1.807) is 12.4 Å². The van der Waals surface area contributed by atoms with Gasteiger partial charge >= 0.3 is 0 Å². The molecule has 8 rings (SSSR count). The van der Waals surface area contributed by atoms with Crippen LogP contribution in [0.4, 0.5) is 0 Å². The number of hydrogen-bond donors (Lipinski definition) is 4. The van der Waals surface area contributed by atoms with Gasteiger partial charge in [-0.25, -0.2) is 0 Å². The number of amides is 2. The number of aryl methyl sites for hydroxylation is 1. The van der Waals surface area contributed by atoms with Crippen LogP contribution in [0.1, 0.15) is 103 Å². The number of nitrogens with zero attached hydrogens (tertiary/aromatic N) is 7. The molecule has 0 spiro atoms. The average molecular weight is 816 g/mol. The smallest absolute Gasteiger partial charge is 0.276 e. The Morgan fingerprint density at radius 1 is 0.717 bits per heavy atom. The molecule has 60 heavy (non-hydrogen) atoms. The molecule has 0 aliphatic heterocycles. The summed E-state index contributed by atoms with van der Waals surface area (Å²) < 4.78 is 5.10. The van der Waals surface area contributed by atoms with Crippen molar-refractivity contribution in [1.29, 1.82) is 0 Å². The molecule has 2 aromatic carbocycles. The summed E-state index contributed by atoms with van der Waals surface area (Å²) in [6.07, 6.45) is 14.2. The second-order valence-electron chi connectivity index (χ2n) is 15.2. The fourth-order valence-corrected chi connectivity index (χ4v) is 8.45. The third-order valence-electron chi connectivity index (χ3n) is 11.4. The van der Waals surface area contributed by atoms with Crippen molar-refractivity contribution in [2.45, 2.75) is 103 Å². The molecular weight excluding hydrogens is 763 g/mol. The Morgan fingerprint density at radius 2 is 1.27 bits per heavy atom. The lowest BCUT2D eigenvalue weighted by Gasteiger charge is -2.31. The summed E-state index contributed by atoms with van der Waals surface area (Å²) in [7, 11) is 1.43. The first-order valence-corrected chi connectivity index (χ1v) is 20.5. The number of para-hydroxylation sites is 1. The quantitative estimate of drug-likeness (QED) is 0.132. The number of carbonyl (C=O) groups is 2. The molecule has 4 N–H and O–H groups in total. The number of rotatable bonds is 10. The van der Waals surface area contributed by atoms with Crippen molar-refractivity contribution in [3.8, 4) is 11.5 Å². The normalized spacial score (nSPS) is 15.0. The number of nitrogens with one attached hydrogen (secondary N) is 2. The molecule has 314 valence electrons. The van der Waals surface area contributed by atoms with Crippen molar-refractivity contribution in [2.75, 3.05) is 7.05 Å². The maximum absolute atomic E-state index is 12.6. The maximum Gasteiger partial charge on any atom is 0.276 e. The molecule has 0 saturated heterocycles. The van der Waals surface area contributed by atoms with Gasteiger partial charge in [0, 0.05) is 36.8 Å². The lowest BCUT2D eigenvalue weighted by molar-refractivity contribution is 0.0937. The van der Waals surface area contributed by atoms with Crippen LogP contribution in [0.5, 0.6) is 11.5 Å². The first-order valence-electron chi connectivity index (χ1n) is 20.5. The van der Waals surface area contributed by atoms with Gasteiger partial charge in [0.15, 0.2) is 22.9 Å². The van der Waals surface area contributed by atoms with E-state index in [0.29, 0.717) is 13.1 Å². The van der Waals surface area contributed by atoms with Gasteiger partial charge in [-0.1, -0.05) is 88.1 Å². The summed E-state index contributed by atoms with van der Waals surface area (Å²) in [5, 5.41) is 39.8. The highest BCUT2D eigenvalue weighted by Crippen LogP contribution is 2.42. The van der Waals surface area contributed by atoms with E-state index in [4.69, 9.17) is 5.10 Å². The third kappa shape index (κ3) is 9.14. The molecule has 2 saturated carbocycles. The first-order chi connectivity index (χ1) is 29.0. The van der Waals surface area contributed by atoms with Crippen molar-refractivity contribution < 1.29 is 19.8 Å². The highest BCUT2D eigenvalue weighted by Gasteiger charge is 2.39. The lowest BCUT2D eigenvalue weighted by Crippen LogP contribution is -2.38. The van der Waals surface area contributed by atoms with Crippen LogP contribution >= 0.6 is 0 Å². The molecule has 2 aliphatic carbocycles. The number of aromatic nitrogens is 7. The van der Waals surface area contributed by atoms with Crippen molar-refractivity contribution in [3.63, 3.8) is 0 Å². The predicted molar refractivity (Wildman–Crippen MR) is 228 cm³/mol. The molecule has 0 unspecified atom stereocenters. The second-order valence-corrected chi connectivity index (χ2v) is 15.2. The SMILES string of the molecule is CC.CNC(=O)c1nn(CC2(n3nc(C)c4ccccc43)CCCC2)cc(O)c1=O.O=C(NCc1ccccc1)c1nn(CC2(c3ccncc3)CCCC2)cc(O)c1=O. The number of fused-ring (bicyclic) bond motifs is 1. The first kappa shape index (κ1) is 43.0. The molecule has 2 amide bonds. The summed E-state index contributed by atoms with van der Waals surface area (Å²) in [4.78, 5) is 53.2. The molecule has 4 aromatic heterocycles. The minimum Gasteiger partial charge on any atom is -0.503 e. The summed E-state index contributed by atoms with van der Waals surface area (Å²) in [5.74, 6) is -2.17. The summed E-state index contributed by atoms with van der Waals surface area (Å²) in [6.45, 7) is 7.16. The van der Waals surface area contributed by atoms with E-state index in [1.165, 1.54) is 28.8 Å². The van der Waals surface area contributed by atoms with E-state index in [1.807, 2.05) is 75.4 Å². The topological polar surface area (TPSA) is 199 Å². The van der Waals surface area contributed by atoms with E-state index in [9.17, 15) is 29.4 Å². The van der Waals surface area contributed by atoms with Gasteiger partial charge < -0.3 is 20.8 Å². The van der Waals surface area contributed by atoms with Crippen LogP contribution in [0, 0.1) is 6.92 Å². The summed E-state index contributed by atoms with van der Waals surface area (Å²) in [5.41, 5.74) is 1.46. The third-order valence-corrected chi connectivity index (χ3v) is 11.4. The van der Waals surface area contributed by atoms with Gasteiger partial charge in [0.25, 0.3) is 22.7 Å². The van der Waals surface area contributed by atoms with E-state index in [-0.39, 0.29) is 28.9 Å². The number of hydrogen-bond acceptors (Lipinski definition) is 10. The van der Waals surface area contributed by atoms with E-state index >= 15 is 0 Å². The van der Waals surface area contributed by atoms with E-state index < -0.39 is 34.2 Å². The average Bonchev–Trinajstić information content (AvgIpc) is 4.04. The zero-order chi connectivity index (χ0) is 42.9. The van der Waals surface area contributed by atoms with Crippen LogP contribution in [-0.2, 0) is 30.6 Å². The Labute approximate surface area is 348 Å². The van der Waals surface area contributed by atoms with Crippen LogP contribution in [0.25, 0.3) is 10.9 Å². The minimum atomic E-state index is -0.767. The van der Waals surface area contributed by atoms with Gasteiger partial charge in [-0.05, 0) is 61.9 Å². The van der Waals surface area contributed by atoms with Crippen molar-refractivity contribution in [2.24, 2.45) is 0 Å². The maximum atomic E-state index is 12.6. The molecule has 2 aliphatic rings. The second kappa shape index (κ2) is 19.0. The fraction of sp³-hybridized carbons (Fsp3) is 0.378. The van der Waals surface area contributed by atoms with Gasteiger partial charge in [0.05, 0.1) is 42.2 Å². The molecule has 2 fully saturated rings. The largest absolute Gasteiger partial charge is 0.503 e. The molecular formula is C45H53N9O6. The summed E-state index contributed by atoms with van der Waals surface area (Å²) >= 11 is 0. The molecule has 4 heterocycles. The number of carbonyl (C=O) groups excluding carboxylic acids is 2. The summed E-state index contributed by atoms with van der Waals surface area (Å²) in [6, 6.07) is 21.5. The van der Waals surface area contributed by atoms with Crippen LogP contribution < -0.4 is 21.5 Å². The van der Waals surface area contributed by atoms with Crippen LogP contribution in [0.15, 0.2) is 101 Å². The molecule has 15 nitrogen and oxygen atoms in total. The predicted octanol–water partition coefficient (Wildman–Crippen LogP) is 5.75. The lowest BCUT2D eigenvalue weighted by atomic mass is 9.79. The number of aromatic hydroxyl groups is 2. The van der Waals surface area contributed by atoms with Gasteiger partial charge in [-0.3, -0.25) is 38.2 Å². The monoisotopic (exact) mass is 815 g/mol. The van der Waals surface area contributed by atoms with Gasteiger partial charge in [-0.15, -0.1) is 0 Å². The molecule has 0 atom stereocenters. The standard InChI is InChI=1S/C23H24N4O3.C20H23N5O3.C2H6/c28-19-15-27(16-23(10-4-5-11-23)18-8-12-24-13-9-18)26-20(21(19)29)22(30)25-14-17-6-2-1-3-7-17;1-13-14-7-3-4-8-15(14)25(22-13)20(9-5-6-10-20)12-24-11-16(26)18(27)17(23-24)19(28)21-2;1-2/h1-3,6-9,12-13,15,28H,4-5,10-11,14,16H2,(H,25,30);3-4,7-8,11,26H,5-6,9-10,12H2,1-2H3,(H,21,28);1-2H3. The van der Waals surface area contributed by atoms with Crippen molar-refractivity contribution in [3.05, 3.63) is 140 Å². The number of pyridine rings is 1. The fourth-order valence-electron chi connectivity index (χ4n) is 8.45. The van der Waals surface area contributed by atoms with Crippen molar-refractivity contribution >= 4 is 22.7 Å². The molecule has 0 radical (unpaired) electrons. The van der Waals surface area contributed by atoms with Gasteiger partial charge in [-0.2, -0.15) is 15.3 Å². The zero-order valence-corrected chi connectivity index (χ0v) is 34.6. The highest BCUT2D eigenvalue weighted by molar-refractivity contribution is 5.92. The number of benzene rings is 2. The van der Waals surface area contributed by atoms with E-state index in [2.05, 4.69) is 42.6 Å². The van der Waals surface area contributed by atoms with Gasteiger partial charge in [0.2, 0.25) is 0 Å². The molecule has 0 bridgehead atoms. The van der Waals surface area contributed by atoms with Crippen molar-refractivity contribution in [1.82, 2.24) is 45.0 Å². The van der Waals surface area contributed by atoms with Crippen LogP contribution in [0.3, 0.4) is 0 Å².